The second-order valence-electron chi connectivity index (χ2n) is 3.07. The van der Waals surface area contributed by atoms with Crippen LogP contribution in [0.5, 0.6) is 5.75 Å². The summed E-state index contributed by atoms with van der Waals surface area (Å²) >= 11 is 0. The van der Waals surface area contributed by atoms with Gasteiger partial charge in [0.1, 0.15) is 5.75 Å². The van der Waals surface area contributed by atoms with Crippen LogP contribution in [0.2, 0.25) is 0 Å². The lowest BCUT2D eigenvalue weighted by Crippen LogP contribution is -2.06. The predicted molar refractivity (Wildman–Crippen MR) is 57.7 cm³/mol. The third-order valence-corrected chi connectivity index (χ3v) is 1.95. The van der Waals surface area contributed by atoms with E-state index in [4.69, 9.17) is 15.6 Å². The fourth-order valence-electron chi connectivity index (χ4n) is 1.38. The molecule has 0 unspecified atom stereocenters. The van der Waals surface area contributed by atoms with Crippen molar-refractivity contribution in [3.8, 4) is 5.75 Å². The van der Waals surface area contributed by atoms with Crippen LogP contribution in [0, 0.1) is 6.92 Å². The van der Waals surface area contributed by atoms with Crippen molar-refractivity contribution >= 4 is 11.4 Å². The largest absolute Gasteiger partial charge is 0.494 e. The number of hydrogen-bond acceptors (Lipinski definition) is 4. The summed E-state index contributed by atoms with van der Waals surface area (Å²) in [5, 5.41) is 11.7. The lowest BCUT2D eigenvalue weighted by atomic mass is 10.1. The Morgan fingerprint density at radius 1 is 1.50 bits per heavy atom. The highest BCUT2D eigenvalue weighted by molar-refractivity contribution is 5.65. The van der Waals surface area contributed by atoms with Crippen molar-refractivity contribution in [1.29, 1.82) is 0 Å². The fourth-order valence-corrected chi connectivity index (χ4v) is 1.38. The van der Waals surface area contributed by atoms with Gasteiger partial charge in [-0.2, -0.15) is 0 Å². The van der Waals surface area contributed by atoms with E-state index in [1.165, 1.54) is 0 Å². The first kappa shape index (κ1) is 10.7. The maximum atomic E-state index is 8.65. The van der Waals surface area contributed by atoms with E-state index in [-0.39, 0.29) is 6.61 Å². The minimum atomic E-state index is 0.102. The van der Waals surface area contributed by atoms with E-state index < -0.39 is 0 Å². The van der Waals surface area contributed by atoms with Gasteiger partial charge in [-0.15, -0.1) is 0 Å². The van der Waals surface area contributed by atoms with Gasteiger partial charge < -0.3 is 20.9 Å². The van der Waals surface area contributed by atoms with Crippen LogP contribution in [-0.4, -0.2) is 25.4 Å². The molecule has 0 bridgehead atoms. The predicted octanol–water partition coefficient (Wildman–Crippen LogP) is 0.990. The highest BCUT2D eigenvalue weighted by Gasteiger charge is 2.04. The zero-order valence-corrected chi connectivity index (χ0v) is 8.50. The Bertz CT molecular complexity index is 290. The average Bonchev–Trinajstić information content (AvgIpc) is 2.14. The Morgan fingerprint density at radius 3 is 2.71 bits per heavy atom. The molecule has 0 saturated carbocycles. The monoisotopic (exact) mass is 196 g/mol. The Kier molecular flexibility index (Phi) is 3.59. The summed E-state index contributed by atoms with van der Waals surface area (Å²) in [5.41, 5.74) is 8.26. The molecule has 0 saturated heterocycles. The minimum Gasteiger partial charge on any atom is -0.494 e. The summed E-state index contributed by atoms with van der Waals surface area (Å²) in [4.78, 5) is 0. The molecule has 0 fully saturated rings. The van der Waals surface area contributed by atoms with Gasteiger partial charge in [0.15, 0.2) is 0 Å². The standard InChI is InChI=1S/C10H16N2O2/c1-7-5-8(12-3-4-13)6-9(11)10(7)14-2/h5-6,12-13H,3-4,11H2,1-2H3. The molecule has 0 heterocycles. The van der Waals surface area contributed by atoms with Crippen molar-refractivity contribution in [3.63, 3.8) is 0 Å². The number of nitrogens with one attached hydrogen (secondary N) is 1. The van der Waals surface area contributed by atoms with Crippen molar-refractivity contribution in [1.82, 2.24) is 0 Å². The molecule has 78 valence electrons. The van der Waals surface area contributed by atoms with Crippen LogP contribution in [0.15, 0.2) is 12.1 Å². The summed E-state index contributed by atoms with van der Waals surface area (Å²) in [5.74, 6) is 0.708. The number of hydrogen-bond donors (Lipinski definition) is 3. The first-order chi connectivity index (χ1) is 6.69. The normalized spacial score (nSPS) is 9.93. The third-order valence-electron chi connectivity index (χ3n) is 1.95. The van der Waals surface area contributed by atoms with Gasteiger partial charge in [0, 0.05) is 12.2 Å². The van der Waals surface area contributed by atoms with E-state index in [0.29, 0.717) is 18.0 Å². The van der Waals surface area contributed by atoms with E-state index in [2.05, 4.69) is 5.32 Å². The van der Waals surface area contributed by atoms with Crippen LogP contribution in [-0.2, 0) is 0 Å². The molecule has 0 spiro atoms. The zero-order chi connectivity index (χ0) is 10.6. The summed E-state index contributed by atoms with van der Waals surface area (Å²) in [6.07, 6.45) is 0. The second-order valence-corrected chi connectivity index (χ2v) is 3.07. The molecular formula is C10H16N2O2. The molecule has 1 aromatic rings. The number of aliphatic hydroxyl groups excluding tert-OH is 1. The van der Waals surface area contributed by atoms with E-state index in [9.17, 15) is 0 Å². The SMILES string of the molecule is COc1c(C)cc(NCCO)cc1N. The van der Waals surface area contributed by atoms with Crippen molar-refractivity contribution < 1.29 is 9.84 Å². The Balaban J connectivity index is 2.90. The highest BCUT2D eigenvalue weighted by Crippen LogP contribution is 2.29. The van der Waals surface area contributed by atoms with Gasteiger partial charge in [0.2, 0.25) is 0 Å². The third kappa shape index (κ3) is 2.29. The number of ether oxygens (including phenoxy) is 1. The molecular weight excluding hydrogens is 180 g/mol. The van der Waals surface area contributed by atoms with Crippen LogP contribution in [0.25, 0.3) is 0 Å². The molecule has 0 amide bonds. The minimum absolute atomic E-state index is 0.102. The maximum Gasteiger partial charge on any atom is 0.144 e. The van der Waals surface area contributed by atoms with Gasteiger partial charge in [-0.3, -0.25) is 0 Å². The number of rotatable bonds is 4. The maximum absolute atomic E-state index is 8.65. The highest BCUT2D eigenvalue weighted by atomic mass is 16.5. The zero-order valence-electron chi connectivity index (χ0n) is 8.50. The molecule has 14 heavy (non-hydrogen) atoms. The van der Waals surface area contributed by atoms with Crippen LogP contribution >= 0.6 is 0 Å². The van der Waals surface area contributed by atoms with Crippen molar-refractivity contribution in [2.45, 2.75) is 6.92 Å². The molecule has 0 atom stereocenters. The van der Waals surface area contributed by atoms with E-state index >= 15 is 0 Å². The quantitative estimate of drug-likeness (QED) is 0.628. The second kappa shape index (κ2) is 4.72. The molecule has 0 aliphatic heterocycles. The molecule has 0 aliphatic rings. The summed E-state index contributed by atoms with van der Waals surface area (Å²) < 4.78 is 5.13. The number of benzene rings is 1. The van der Waals surface area contributed by atoms with Gasteiger partial charge in [-0.1, -0.05) is 0 Å². The van der Waals surface area contributed by atoms with Crippen LogP contribution in [0.3, 0.4) is 0 Å². The van der Waals surface area contributed by atoms with Gasteiger partial charge in [0.25, 0.3) is 0 Å². The van der Waals surface area contributed by atoms with Gasteiger partial charge in [-0.05, 0) is 24.6 Å². The van der Waals surface area contributed by atoms with Crippen molar-refractivity contribution in [2.75, 3.05) is 31.3 Å². The van der Waals surface area contributed by atoms with E-state index in [1.807, 2.05) is 13.0 Å². The Labute approximate surface area is 83.7 Å². The van der Waals surface area contributed by atoms with Crippen LogP contribution in [0.1, 0.15) is 5.56 Å². The smallest absolute Gasteiger partial charge is 0.144 e. The van der Waals surface area contributed by atoms with Gasteiger partial charge in [0.05, 0.1) is 19.4 Å². The fraction of sp³-hybridized carbons (Fsp3) is 0.400. The molecule has 1 rings (SSSR count). The molecule has 4 heteroatoms. The number of methoxy groups -OCH3 is 1. The molecule has 4 N–H and O–H groups in total. The lowest BCUT2D eigenvalue weighted by molar-refractivity contribution is 0.311. The Hall–Kier alpha value is -1.42. The van der Waals surface area contributed by atoms with E-state index in [1.54, 1.807) is 13.2 Å². The first-order valence-electron chi connectivity index (χ1n) is 4.48. The first-order valence-corrected chi connectivity index (χ1v) is 4.48. The van der Waals surface area contributed by atoms with Crippen LogP contribution < -0.4 is 15.8 Å². The molecule has 0 aromatic heterocycles. The molecule has 1 aromatic carbocycles. The average molecular weight is 196 g/mol. The number of aryl methyl sites for hydroxylation is 1. The van der Waals surface area contributed by atoms with Gasteiger partial charge in [-0.25, -0.2) is 0 Å². The topological polar surface area (TPSA) is 67.5 Å². The Morgan fingerprint density at radius 2 is 2.21 bits per heavy atom. The van der Waals surface area contributed by atoms with Crippen molar-refractivity contribution in [2.24, 2.45) is 0 Å². The summed E-state index contributed by atoms with van der Waals surface area (Å²) in [6, 6.07) is 3.73. The molecule has 0 aliphatic carbocycles. The molecule has 0 radical (unpaired) electrons. The van der Waals surface area contributed by atoms with E-state index in [0.717, 1.165) is 11.3 Å². The number of aliphatic hydroxyl groups is 1. The lowest BCUT2D eigenvalue weighted by Gasteiger charge is -2.11. The number of nitrogen functional groups attached to an aromatic ring is 1. The summed E-state index contributed by atoms with van der Waals surface area (Å²) in [6.45, 7) is 2.55. The number of nitrogens with two attached hydrogens (primary N) is 1. The summed E-state index contributed by atoms with van der Waals surface area (Å²) in [7, 11) is 1.60. The number of anilines is 2. The molecule has 4 nitrogen and oxygen atoms in total. The van der Waals surface area contributed by atoms with Gasteiger partial charge >= 0.3 is 0 Å². The van der Waals surface area contributed by atoms with Crippen molar-refractivity contribution in [3.05, 3.63) is 17.7 Å². The van der Waals surface area contributed by atoms with Crippen LogP contribution in [0.4, 0.5) is 11.4 Å².